The van der Waals surface area contributed by atoms with E-state index in [9.17, 15) is 4.79 Å². The first-order valence-corrected chi connectivity index (χ1v) is 9.02. The molecule has 0 spiro atoms. The molecule has 1 saturated heterocycles. The SMILES string of the molecule is NC1CCCC1C(=O)NCC(c1cccs1)N1CCOCC1. The molecule has 1 saturated carbocycles. The third-order valence-electron chi connectivity index (χ3n) is 4.73. The summed E-state index contributed by atoms with van der Waals surface area (Å²) in [6, 6.07) is 4.49. The number of nitrogens with two attached hydrogens (primary N) is 1. The van der Waals surface area contributed by atoms with Crippen LogP contribution in [-0.2, 0) is 9.53 Å². The second-order valence-electron chi connectivity index (χ2n) is 6.13. The molecule has 3 N–H and O–H groups in total. The third-order valence-corrected chi connectivity index (χ3v) is 5.71. The van der Waals surface area contributed by atoms with Crippen LogP contribution < -0.4 is 11.1 Å². The average Bonchev–Trinajstić information content (AvgIpc) is 3.20. The molecule has 1 aromatic rings. The van der Waals surface area contributed by atoms with E-state index in [2.05, 4.69) is 27.7 Å². The van der Waals surface area contributed by atoms with E-state index in [0.29, 0.717) is 6.54 Å². The van der Waals surface area contributed by atoms with Crippen LogP contribution in [0.2, 0.25) is 0 Å². The predicted molar refractivity (Wildman–Crippen MR) is 87.8 cm³/mol. The number of rotatable bonds is 5. The van der Waals surface area contributed by atoms with E-state index >= 15 is 0 Å². The van der Waals surface area contributed by atoms with Gasteiger partial charge in [-0.15, -0.1) is 11.3 Å². The number of hydrogen-bond acceptors (Lipinski definition) is 5. The Morgan fingerprint density at radius 2 is 2.27 bits per heavy atom. The molecule has 2 heterocycles. The first-order valence-electron chi connectivity index (χ1n) is 8.14. The second-order valence-corrected chi connectivity index (χ2v) is 7.11. The number of nitrogens with zero attached hydrogens (tertiary/aromatic N) is 1. The lowest BCUT2D eigenvalue weighted by atomic mass is 10.0. The number of carbonyl (C=O) groups is 1. The molecule has 5 nitrogen and oxygen atoms in total. The summed E-state index contributed by atoms with van der Waals surface area (Å²) in [6.07, 6.45) is 2.96. The fourth-order valence-electron chi connectivity index (χ4n) is 3.42. The highest BCUT2D eigenvalue weighted by Crippen LogP contribution is 2.27. The minimum Gasteiger partial charge on any atom is -0.379 e. The van der Waals surface area contributed by atoms with E-state index in [1.54, 1.807) is 11.3 Å². The molecule has 122 valence electrons. The van der Waals surface area contributed by atoms with E-state index in [1.165, 1.54) is 4.88 Å². The first kappa shape index (κ1) is 15.9. The molecular weight excluding hydrogens is 298 g/mol. The Balaban J connectivity index is 1.61. The van der Waals surface area contributed by atoms with Crippen LogP contribution in [0.1, 0.15) is 30.2 Å². The molecule has 1 aliphatic carbocycles. The van der Waals surface area contributed by atoms with Gasteiger partial charge in [0.25, 0.3) is 0 Å². The largest absolute Gasteiger partial charge is 0.379 e. The molecule has 22 heavy (non-hydrogen) atoms. The summed E-state index contributed by atoms with van der Waals surface area (Å²) in [5.74, 6) is 0.119. The number of carbonyl (C=O) groups excluding carboxylic acids is 1. The molecule has 3 unspecified atom stereocenters. The Hall–Kier alpha value is -0.950. The highest BCUT2D eigenvalue weighted by atomic mass is 32.1. The van der Waals surface area contributed by atoms with Crippen molar-refractivity contribution in [2.24, 2.45) is 11.7 Å². The molecule has 2 aliphatic rings. The lowest BCUT2D eigenvalue weighted by Crippen LogP contribution is -2.45. The highest BCUT2D eigenvalue weighted by molar-refractivity contribution is 7.10. The van der Waals surface area contributed by atoms with Gasteiger partial charge < -0.3 is 15.8 Å². The number of morpholine rings is 1. The first-order chi connectivity index (χ1) is 10.8. The predicted octanol–water partition coefficient (Wildman–Crippen LogP) is 1.36. The van der Waals surface area contributed by atoms with Crippen molar-refractivity contribution in [3.63, 3.8) is 0 Å². The Kier molecular flexibility index (Phi) is 5.46. The van der Waals surface area contributed by atoms with E-state index < -0.39 is 0 Å². The van der Waals surface area contributed by atoms with Gasteiger partial charge in [-0.05, 0) is 24.3 Å². The van der Waals surface area contributed by atoms with E-state index in [1.807, 2.05) is 0 Å². The molecule has 6 heteroatoms. The van der Waals surface area contributed by atoms with Crippen LogP contribution in [0.15, 0.2) is 17.5 Å². The standard InChI is InChI=1S/C16H25N3O2S/c17-13-4-1-3-12(13)16(20)18-11-14(15-5-2-10-22-15)19-6-8-21-9-7-19/h2,5,10,12-14H,1,3-4,6-9,11,17H2,(H,18,20). The molecule has 0 bridgehead atoms. The molecule has 0 aromatic carbocycles. The van der Waals surface area contributed by atoms with Gasteiger partial charge in [0.2, 0.25) is 5.91 Å². The second kappa shape index (κ2) is 7.55. The third kappa shape index (κ3) is 3.68. The summed E-state index contributed by atoms with van der Waals surface area (Å²) in [5.41, 5.74) is 6.04. The van der Waals surface area contributed by atoms with Gasteiger partial charge in [-0.1, -0.05) is 12.5 Å². The average molecular weight is 323 g/mol. The Bertz CT molecular complexity index is 474. The maximum atomic E-state index is 12.4. The van der Waals surface area contributed by atoms with Crippen LogP contribution in [-0.4, -0.2) is 49.7 Å². The van der Waals surface area contributed by atoms with Crippen LogP contribution >= 0.6 is 11.3 Å². The van der Waals surface area contributed by atoms with Gasteiger partial charge in [-0.3, -0.25) is 9.69 Å². The monoisotopic (exact) mass is 323 g/mol. The number of hydrogen-bond donors (Lipinski definition) is 2. The van der Waals surface area contributed by atoms with Crippen molar-refractivity contribution in [1.82, 2.24) is 10.2 Å². The molecule has 3 atom stereocenters. The van der Waals surface area contributed by atoms with Crippen molar-refractivity contribution in [3.8, 4) is 0 Å². The fourth-order valence-corrected chi connectivity index (χ4v) is 4.28. The van der Waals surface area contributed by atoms with Crippen LogP contribution in [0, 0.1) is 5.92 Å². The Morgan fingerprint density at radius 1 is 1.45 bits per heavy atom. The maximum absolute atomic E-state index is 12.4. The van der Waals surface area contributed by atoms with Gasteiger partial charge >= 0.3 is 0 Å². The van der Waals surface area contributed by atoms with Gasteiger partial charge in [0.15, 0.2) is 0 Å². The number of nitrogens with one attached hydrogen (secondary N) is 1. The zero-order valence-electron chi connectivity index (χ0n) is 12.9. The summed E-state index contributed by atoms with van der Waals surface area (Å²) in [5, 5.41) is 5.24. The minimum absolute atomic E-state index is 0.00586. The van der Waals surface area contributed by atoms with Crippen molar-refractivity contribution >= 4 is 17.2 Å². The van der Waals surface area contributed by atoms with E-state index in [4.69, 9.17) is 10.5 Å². The Labute approximate surface area is 135 Å². The van der Waals surface area contributed by atoms with Crippen molar-refractivity contribution < 1.29 is 9.53 Å². The van der Waals surface area contributed by atoms with Gasteiger partial charge in [0.05, 0.1) is 25.2 Å². The molecule has 0 radical (unpaired) electrons. The zero-order chi connectivity index (χ0) is 15.4. The number of thiophene rings is 1. The van der Waals surface area contributed by atoms with Gasteiger partial charge in [0, 0.05) is 30.6 Å². The smallest absolute Gasteiger partial charge is 0.224 e. The fraction of sp³-hybridized carbons (Fsp3) is 0.688. The maximum Gasteiger partial charge on any atom is 0.224 e. The van der Waals surface area contributed by atoms with Crippen LogP contribution in [0.4, 0.5) is 0 Å². The molecule has 1 aromatic heterocycles. The van der Waals surface area contributed by atoms with Gasteiger partial charge in [-0.25, -0.2) is 0 Å². The lowest BCUT2D eigenvalue weighted by molar-refractivity contribution is -0.125. The highest BCUT2D eigenvalue weighted by Gasteiger charge is 2.31. The summed E-state index contributed by atoms with van der Waals surface area (Å²) in [6.45, 7) is 4.03. The number of amides is 1. The quantitative estimate of drug-likeness (QED) is 0.859. The van der Waals surface area contributed by atoms with E-state index in [0.717, 1.165) is 45.6 Å². The van der Waals surface area contributed by atoms with Crippen LogP contribution in [0.3, 0.4) is 0 Å². The van der Waals surface area contributed by atoms with Crippen LogP contribution in [0.5, 0.6) is 0 Å². The molecule has 1 aliphatic heterocycles. The van der Waals surface area contributed by atoms with Crippen molar-refractivity contribution in [1.29, 1.82) is 0 Å². The Morgan fingerprint density at radius 3 is 2.91 bits per heavy atom. The zero-order valence-corrected chi connectivity index (χ0v) is 13.7. The van der Waals surface area contributed by atoms with Crippen molar-refractivity contribution in [3.05, 3.63) is 22.4 Å². The van der Waals surface area contributed by atoms with Gasteiger partial charge in [0.1, 0.15) is 0 Å². The molecule has 2 fully saturated rings. The number of ether oxygens (including phenoxy) is 1. The lowest BCUT2D eigenvalue weighted by Gasteiger charge is -2.34. The summed E-state index contributed by atoms with van der Waals surface area (Å²) in [7, 11) is 0. The minimum atomic E-state index is -0.00586. The molecule has 1 amide bonds. The molecular formula is C16H25N3O2S. The van der Waals surface area contributed by atoms with Crippen molar-refractivity contribution in [2.45, 2.75) is 31.3 Å². The summed E-state index contributed by atoms with van der Waals surface area (Å²) < 4.78 is 5.45. The summed E-state index contributed by atoms with van der Waals surface area (Å²) >= 11 is 1.75. The van der Waals surface area contributed by atoms with Crippen LogP contribution in [0.25, 0.3) is 0 Å². The van der Waals surface area contributed by atoms with E-state index in [-0.39, 0.29) is 23.9 Å². The topological polar surface area (TPSA) is 67.6 Å². The molecule has 3 rings (SSSR count). The normalized spacial score (nSPS) is 27.7. The van der Waals surface area contributed by atoms with Crippen molar-refractivity contribution in [2.75, 3.05) is 32.8 Å². The summed E-state index contributed by atoms with van der Waals surface area (Å²) in [4.78, 5) is 16.1. The van der Waals surface area contributed by atoms with Gasteiger partial charge in [-0.2, -0.15) is 0 Å².